The lowest BCUT2D eigenvalue weighted by molar-refractivity contribution is -0.135. The van der Waals surface area contributed by atoms with Gasteiger partial charge in [-0.2, -0.15) is 0 Å². The minimum absolute atomic E-state index is 0.363. The lowest BCUT2D eigenvalue weighted by Gasteiger charge is -2.12. The first-order valence-corrected chi connectivity index (χ1v) is 7.64. The molecule has 0 saturated heterocycles. The van der Waals surface area contributed by atoms with Crippen LogP contribution < -0.4 is 0 Å². The van der Waals surface area contributed by atoms with Crippen LogP contribution in [0.25, 0.3) is 0 Å². The molecule has 4 nitrogen and oxygen atoms in total. The number of aliphatic hydroxyl groups excluding tert-OH is 1. The van der Waals surface area contributed by atoms with E-state index in [-0.39, 0.29) is 0 Å². The average Bonchev–Trinajstić information content (AvgIpc) is 2.45. The third-order valence-electron chi connectivity index (χ3n) is 3.32. The molecule has 0 heterocycles. The second-order valence-corrected chi connectivity index (χ2v) is 5.11. The highest BCUT2D eigenvalue weighted by Crippen LogP contribution is 2.14. The van der Waals surface area contributed by atoms with E-state index in [1.54, 1.807) is 0 Å². The van der Waals surface area contributed by atoms with Gasteiger partial charge in [0.2, 0.25) is 0 Å². The maximum atomic E-state index is 11.1. The van der Waals surface area contributed by atoms with Crippen LogP contribution >= 0.6 is 0 Å². The van der Waals surface area contributed by atoms with Gasteiger partial charge < -0.3 is 14.6 Å². The topological polar surface area (TPSA) is 55.8 Å². The van der Waals surface area contributed by atoms with Crippen LogP contribution in [0.3, 0.4) is 0 Å². The fraction of sp³-hybridized carbons (Fsp3) is 0.812. The van der Waals surface area contributed by atoms with Gasteiger partial charge in [0.05, 0.1) is 26.4 Å². The van der Waals surface area contributed by atoms with E-state index in [9.17, 15) is 9.90 Å². The molecule has 0 aliphatic rings. The van der Waals surface area contributed by atoms with Gasteiger partial charge in [0.25, 0.3) is 0 Å². The lowest BCUT2D eigenvalue weighted by Crippen LogP contribution is -2.10. The zero-order valence-corrected chi connectivity index (χ0v) is 13.2. The quantitative estimate of drug-likeness (QED) is 0.258. The summed E-state index contributed by atoms with van der Waals surface area (Å²) in [4.78, 5) is 11.1. The molecular weight excluding hydrogens is 256 g/mol. The summed E-state index contributed by atoms with van der Waals surface area (Å²) in [6.45, 7) is 2.21. The van der Waals surface area contributed by atoms with E-state index in [1.807, 2.05) is 0 Å². The van der Waals surface area contributed by atoms with Crippen molar-refractivity contribution in [3.63, 3.8) is 0 Å². The highest BCUT2D eigenvalue weighted by molar-refractivity contribution is 5.82. The summed E-state index contributed by atoms with van der Waals surface area (Å²) in [5, 5.41) is 9.90. The number of carbonyl (C=O) groups excluding carboxylic acids is 1. The van der Waals surface area contributed by atoms with E-state index in [0.29, 0.717) is 12.2 Å². The Morgan fingerprint density at radius 3 is 2.20 bits per heavy atom. The largest absolute Gasteiger partial charge is 0.501 e. The molecule has 0 aromatic rings. The van der Waals surface area contributed by atoms with Gasteiger partial charge in [-0.1, -0.05) is 51.9 Å². The van der Waals surface area contributed by atoms with Crippen molar-refractivity contribution in [3.8, 4) is 0 Å². The van der Waals surface area contributed by atoms with Crippen LogP contribution in [0.5, 0.6) is 0 Å². The number of hydrogen-bond acceptors (Lipinski definition) is 4. The highest BCUT2D eigenvalue weighted by Gasteiger charge is 2.10. The van der Waals surface area contributed by atoms with Crippen molar-refractivity contribution in [1.82, 2.24) is 0 Å². The minimum atomic E-state index is -0.457. The number of methoxy groups -OCH3 is 2. The molecule has 0 bridgehead atoms. The van der Waals surface area contributed by atoms with Crippen molar-refractivity contribution in [2.75, 3.05) is 14.2 Å². The van der Waals surface area contributed by atoms with Crippen LogP contribution in [0.1, 0.15) is 64.7 Å². The van der Waals surface area contributed by atoms with Gasteiger partial charge in [-0.3, -0.25) is 0 Å². The molecule has 0 spiro atoms. The van der Waals surface area contributed by atoms with Gasteiger partial charge >= 0.3 is 5.97 Å². The predicted molar refractivity (Wildman–Crippen MR) is 80.3 cm³/mol. The fourth-order valence-corrected chi connectivity index (χ4v) is 2.06. The highest BCUT2D eigenvalue weighted by atomic mass is 16.5. The number of hydrogen-bond donors (Lipinski definition) is 1. The van der Waals surface area contributed by atoms with Crippen molar-refractivity contribution < 1.29 is 19.4 Å². The number of carbonyl (C=O) groups is 1. The van der Waals surface area contributed by atoms with E-state index < -0.39 is 12.1 Å². The maximum Gasteiger partial charge on any atom is 0.333 e. The van der Waals surface area contributed by atoms with E-state index in [4.69, 9.17) is 4.74 Å². The van der Waals surface area contributed by atoms with Crippen molar-refractivity contribution in [1.29, 1.82) is 0 Å². The standard InChI is InChI=1S/C16H30O4/c1-4-5-6-7-8-9-10-11-14(17)12-15(19-2)13-16(18)20-3/h13-14,17H,4-12H2,1-3H3/b15-13+. The second-order valence-electron chi connectivity index (χ2n) is 5.11. The number of ether oxygens (including phenoxy) is 2. The Labute approximate surface area is 123 Å². The summed E-state index contributed by atoms with van der Waals surface area (Å²) < 4.78 is 9.60. The first-order valence-electron chi connectivity index (χ1n) is 7.64. The van der Waals surface area contributed by atoms with E-state index in [1.165, 1.54) is 52.4 Å². The molecule has 0 radical (unpaired) electrons. The Bertz CT molecular complexity index is 274. The number of esters is 1. The summed E-state index contributed by atoms with van der Waals surface area (Å²) in [5.74, 6) is 0.0114. The van der Waals surface area contributed by atoms with Crippen molar-refractivity contribution in [2.24, 2.45) is 0 Å². The Kier molecular flexibility index (Phi) is 12.3. The van der Waals surface area contributed by atoms with Crippen molar-refractivity contribution in [3.05, 3.63) is 11.8 Å². The second kappa shape index (κ2) is 13.0. The van der Waals surface area contributed by atoms with Gasteiger partial charge in [-0.05, 0) is 6.42 Å². The maximum absolute atomic E-state index is 11.1. The summed E-state index contributed by atoms with van der Waals surface area (Å²) >= 11 is 0. The monoisotopic (exact) mass is 286 g/mol. The molecule has 118 valence electrons. The Morgan fingerprint density at radius 1 is 1.05 bits per heavy atom. The van der Waals surface area contributed by atoms with Crippen LogP contribution in [0, 0.1) is 0 Å². The molecular formula is C16H30O4. The van der Waals surface area contributed by atoms with Crippen molar-refractivity contribution >= 4 is 5.97 Å². The molecule has 4 heteroatoms. The Hall–Kier alpha value is -1.03. The molecule has 1 unspecified atom stereocenters. The molecule has 1 atom stereocenters. The Balaban J connectivity index is 3.73. The van der Waals surface area contributed by atoms with Gasteiger partial charge in [-0.25, -0.2) is 4.79 Å². The third-order valence-corrected chi connectivity index (χ3v) is 3.32. The van der Waals surface area contributed by atoms with Gasteiger partial charge in [0.1, 0.15) is 5.76 Å². The summed E-state index contributed by atoms with van der Waals surface area (Å²) in [7, 11) is 2.82. The van der Waals surface area contributed by atoms with Gasteiger partial charge in [0, 0.05) is 6.42 Å². The average molecular weight is 286 g/mol. The predicted octanol–water partition coefficient (Wildman–Crippen LogP) is 3.58. The number of rotatable bonds is 12. The fourth-order valence-electron chi connectivity index (χ4n) is 2.06. The normalized spacial score (nSPS) is 13.1. The molecule has 0 amide bonds. The lowest BCUT2D eigenvalue weighted by atomic mass is 10.0. The van der Waals surface area contributed by atoms with Gasteiger partial charge in [-0.15, -0.1) is 0 Å². The van der Waals surface area contributed by atoms with Crippen LogP contribution in [-0.4, -0.2) is 31.4 Å². The molecule has 0 saturated carbocycles. The molecule has 0 aliphatic carbocycles. The van der Waals surface area contributed by atoms with Gasteiger partial charge in [0.15, 0.2) is 0 Å². The summed E-state index contributed by atoms with van der Waals surface area (Å²) in [6.07, 6.45) is 10.5. The molecule has 0 aromatic carbocycles. The molecule has 0 aliphatic heterocycles. The smallest absolute Gasteiger partial charge is 0.333 e. The first-order chi connectivity index (χ1) is 9.63. The Morgan fingerprint density at radius 2 is 1.65 bits per heavy atom. The summed E-state index contributed by atoms with van der Waals surface area (Å²) in [6, 6.07) is 0. The van der Waals surface area contributed by atoms with Crippen molar-refractivity contribution in [2.45, 2.75) is 70.8 Å². The zero-order valence-electron chi connectivity index (χ0n) is 13.2. The first kappa shape index (κ1) is 19.0. The van der Waals surface area contributed by atoms with Crippen LogP contribution in [-0.2, 0) is 14.3 Å². The van der Waals surface area contributed by atoms with Crippen LogP contribution in [0.15, 0.2) is 11.8 Å². The molecule has 0 fully saturated rings. The third kappa shape index (κ3) is 10.9. The van der Waals surface area contributed by atoms with Crippen LogP contribution in [0.2, 0.25) is 0 Å². The van der Waals surface area contributed by atoms with E-state index in [2.05, 4.69) is 11.7 Å². The SMILES string of the molecule is CCCCCCCCCC(O)C/C(=C\C(=O)OC)OC. The van der Waals surface area contributed by atoms with E-state index >= 15 is 0 Å². The number of unbranched alkanes of at least 4 members (excludes halogenated alkanes) is 6. The van der Waals surface area contributed by atoms with Crippen LogP contribution in [0.4, 0.5) is 0 Å². The molecule has 0 aromatic heterocycles. The summed E-state index contributed by atoms with van der Waals surface area (Å²) in [5.41, 5.74) is 0. The molecule has 20 heavy (non-hydrogen) atoms. The molecule has 1 N–H and O–H groups in total. The van der Waals surface area contributed by atoms with E-state index in [0.717, 1.165) is 19.3 Å². The zero-order chi connectivity index (χ0) is 15.2. The number of aliphatic hydroxyl groups is 1. The molecule has 0 rings (SSSR count). The minimum Gasteiger partial charge on any atom is -0.501 e.